The SMILES string of the molecule is O=C(Cc1c[nH]c2ncccc12)N(Cc1cccc(F)c1)C1CC1. The van der Waals surface area contributed by atoms with Crippen molar-refractivity contribution in [3.8, 4) is 0 Å². The highest BCUT2D eigenvalue weighted by atomic mass is 19.1. The van der Waals surface area contributed by atoms with E-state index in [1.54, 1.807) is 12.3 Å². The molecular formula is C19H18FN3O. The summed E-state index contributed by atoms with van der Waals surface area (Å²) in [5.74, 6) is -0.190. The average Bonchev–Trinajstić information content (AvgIpc) is 3.35. The van der Waals surface area contributed by atoms with Gasteiger partial charge in [0.25, 0.3) is 0 Å². The van der Waals surface area contributed by atoms with Crippen LogP contribution < -0.4 is 0 Å². The number of nitrogens with one attached hydrogen (secondary N) is 1. The van der Waals surface area contributed by atoms with Gasteiger partial charge in [0.2, 0.25) is 5.91 Å². The lowest BCUT2D eigenvalue weighted by molar-refractivity contribution is -0.131. The predicted octanol–water partition coefficient (Wildman–Crippen LogP) is 3.44. The Bertz CT molecular complexity index is 885. The summed E-state index contributed by atoms with van der Waals surface area (Å²) >= 11 is 0. The third kappa shape index (κ3) is 3.02. The molecule has 0 saturated heterocycles. The molecule has 1 aromatic carbocycles. The first-order valence-electron chi connectivity index (χ1n) is 8.15. The maximum absolute atomic E-state index is 13.4. The standard InChI is InChI=1S/C19H18FN3O/c20-15-4-1-3-13(9-15)12-23(16-6-7-16)18(24)10-14-11-22-19-17(14)5-2-8-21-19/h1-5,8-9,11,16H,6-7,10,12H2,(H,21,22). The Morgan fingerprint density at radius 2 is 2.17 bits per heavy atom. The maximum atomic E-state index is 13.4. The van der Waals surface area contributed by atoms with Crippen molar-refractivity contribution < 1.29 is 9.18 Å². The molecule has 5 heteroatoms. The number of rotatable bonds is 5. The minimum Gasteiger partial charge on any atom is -0.346 e. The molecule has 1 aliphatic rings. The molecule has 2 heterocycles. The molecule has 0 spiro atoms. The van der Waals surface area contributed by atoms with Crippen molar-refractivity contribution in [2.45, 2.75) is 31.8 Å². The van der Waals surface area contributed by atoms with Gasteiger partial charge in [-0.05, 0) is 48.2 Å². The highest BCUT2D eigenvalue weighted by molar-refractivity contribution is 5.87. The zero-order valence-electron chi connectivity index (χ0n) is 13.2. The van der Waals surface area contributed by atoms with Gasteiger partial charge in [0, 0.05) is 30.4 Å². The number of carbonyl (C=O) groups excluding carboxylic acids is 1. The number of pyridine rings is 1. The number of H-pyrrole nitrogens is 1. The quantitative estimate of drug-likeness (QED) is 0.782. The third-order valence-corrected chi connectivity index (χ3v) is 4.43. The predicted molar refractivity (Wildman–Crippen MR) is 89.8 cm³/mol. The Hall–Kier alpha value is -2.69. The fraction of sp³-hybridized carbons (Fsp3) is 0.263. The minimum atomic E-state index is -0.265. The van der Waals surface area contributed by atoms with Crippen LogP contribution in [0.3, 0.4) is 0 Å². The molecule has 122 valence electrons. The Morgan fingerprint density at radius 3 is 2.96 bits per heavy atom. The first-order valence-corrected chi connectivity index (χ1v) is 8.15. The van der Waals surface area contributed by atoms with Gasteiger partial charge in [0.1, 0.15) is 11.5 Å². The zero-order chi connectivity index (χ0) is 16.5. The monoisotopic (exact) mass is 323 g/mol. The van der Waals surface area contributed by atoms with Crippen LogP contribution in [0.15, 0.2) is 48.8 Å². The van der Waals surface area contributed by atoms with Crippen molar-refractivity contribution in [1.29, 1.82) is 0 Å². The van der Waals surface area contributed by atoms with Gasteiger partial charge in [-0.1, -0.05) is 12.1 Å². The summed E-state index contributed by atoms with van der Waals surface area (Å²) in [6.45, 7) is 0.460. The number of hydrogen-bond donors (Lipinski definition) is 1. The molecule has 1 saturated carbocycles. The fourth-order valence-corrected chi connectivity index (χ4v) is 3.06. The molecular weight excluding hydrogens is 305 g/mol. The largest absolute Gasteiger partial charge is 0.346 e. The molecule has 24 heavy (non-hydrogen) atoms. The summed E-state index contributed by atoms with van der Waals surface area (Å²) < 4.78 is 13.4. The second kappa shape index (κ2) is 6.07. The zero-order valence-corrected chi connectivity index (χ0v) is 13.2. The minimum absolute atomic E-state index is 0.0755. The van der Waals surface area contributed by atoms with E-state index in [9.17, 15) is 9.18 Å². The first-order chi connectivity index (χ1) is 11.7. The molecule has 1 aliphatic carbocycles. The number of nitrogens with zero attached hydrogens (tertiary/aromatic N) is 2. The van der Waals surface area contributed by atoms with Gasteiger partial charge in [-0.3, -0.25) is 4.79 Å². The number of halogens is 1. The summed E-state index contributed by atoms with van der Waals surface area (Å²) in [6.07, 6.45) is 5.96. The summed E-state index contributed by atoms with van der Waals surface area (Å²) in [6, 6.07) is 10.6. The molecule has 1 amide bonds. The number of hydrogen-bond acceptors (Lipinski definition) is 2. The van der Waals surface area contributed by atoms with E-state index in [1.807, 2.05) is 29.3 Å². The molecule has 1 N–H and O–H groups in total. The normalized spacial score (nSPS) is 14.0. The smallest absolute Gasteiger partial charge is 0.227 e. The fourth-order valence-electron chi connectivity index (χ4n) is 3.06. The van der Waals surface area contributed by atoms with E-state index in [0.29, 0.717) is 13.0 Å². The number of fused-ring (bicyclic) bond motifs is 1. The molecule has 4 nitrogen and oxygen atoms in total. The van der Waals surface area contributed by atoms with Gasteiger partial charge >= 0.3 is 0 Å². The van der Waals surface area contributed by atoms with Gasteiger partial charge in [0.15, 0.2) is 0 Å². The lowest BCUT2D eigenvalue weighted by atomic mass is 10.1. The van der Waals surface area contributed by atoms with Crippen LogP contribution in [0, 0.1) is 5.82 Å². The van der Waals surface area contributed by atoms with Crippen LogP contribution in [-0.4, -0.2) is 26.8 Å². The van der Waals surface area contributed by atoms with E-state index < -0.39 is 0 Å². The van der Waals surface area contributed by atoms with Crippen molar-refractivity contribution in [3.05, 3.63) is 65.7 Å². The van der Waals surface area contributed by atoms with Gasteiger partial charge in [-0.15, -0.1) is 0 Å². The van der Waals surface area contributed by atoms with Gasteiger partial charge in [0.05, 0.1) is 6.42 Å². The summed E-state index contributed by atoms with van der Waals surface area (Å²) in [5, 5.41) is 0.979. The molecule has 0 radical (unpaired) electrons. The van der Waals surface area contributed by atoms with Gasteiger partial charge in [-0.25, -0.2) is 9.37 Å². The topological polar surface area (TPSA) is 49.0 Å². The van der Waals surface area contributed by atoms with Crippen molar-refractivity contribution in [3.63, 3.8) is 0 Å². The van der Waals surface area contributed by atoms with Crippen molar-refractivity contribution >= 4 is 16.9 Å². The third-order valence-electron chi connectivity index (χ3n) is 4.43. The number of aromatic nitrogens is 2. The second-order valence-corrected chi connectivity index (χ2v) is 6.27. The van der Waals surface area contributed by atoms with Crippen molar-refractivity contribution in [1.82, 2.24) is 14.9 Å². The number of carbonyl (C=O) groups is 1. The molecule has 0 aliphatic heterocycles. The van der Waals surface area contributed by atoms with Crippen LogP contribution in [0.4, 0.5) is 4.39 Å². The van der Waals surface area contributed by atoms with Gasteiger partial charge in [-0.2, -0.15) is 0 Å². The molecule has 1 fully saturated rings. The van der Waals surface area contributed by atoms with Crippen LogP contribution in [0.5, 0.6) is 0 Å². The second-order valence-electron chi connectivity index (χ2n) is 6.27. The van der Waals surface area contributed by atoms with E-state index in [4.69, 9.17) is 0 Å². The van der Waals surface area contributed by atoms with E-state index in [2.05, 4.69) is 9.97 Å². The molecule has 4 rings (SSSR count). The number of benzene rings is 1. The average molecular weight is 323 g/mol. The van der Waals surface area contributed by atoms with Crippen LogP contribution in [-0.2, 0) is 17.8 Å². The molecule has 0 unspecified atom stereocenters. The Labute approximate surface area is 139 Å². The lowest BCUT2D eigenvalue weighted by Crippen LogP contribution is -2.33. The van der Waals surface area contributed by atoms with Gasteiger partial charge < -0.3 is 9.88 Å². The summed E-state index contributed by atoms with van der Waals surface area (Å²) in [7, 11) is 0. The summed E-state index contributed by atoms with van der Waals surface area (Å²) in [5.41, 5.74) is 2.58. The van der Waals surface area contributed by atoms with E-state index in [-0.39, 0.29) is 17.8 Å². The molecule has 0 bridgehead atoms. The highest BCUT2D eigenvalue weighted by Gasteiger charge is 2.32. The van der Waals surface area contributed by atoms with Crippen LogP contribution in [0.25, 0.3) is 11.0 Å². The van der Waals surface area contributed by atoms with Crippen LogP contribution in [0.2, 0.25) is 0 Å². The Kier molecular flexibility index (Phi) is 3.76. The first kappa shape index (κ1) is 14.9. The molecule has 3 aromatic rings. The number of aromatic amines is 1. The van der Waals surface area contributed by atoms with Crippen molar-refractivity contribution in [2.75, 3.05) is 0 Å². The van der Waals surface area contributed by atoms with E-state index >= 15 is 0 Å². The van der Waals surface area contributed by atoms with E-state index in [0.717, 1.165) is 35.0 Å². The molecule has 0 atom stereocenters. The Balaban J connectivity index is 1.54. The lowest BCUT2D eigenvalue weighted by Gasteiger charge is -2.22. The van der Waals surface area contributed by atoms with Crippen LogP contribution in [0.1, 0.15) is 24.0 Å². The number of amides is 1. The Morgan fingerprint density at radius 1 is 1.29 bits per heavy atom. The summed E-state index contributed by atoms with van der Waals surface area (Å²) in [4.78, 5) is 22.1. The highest BCUT2D eigenvalue weighted by Crippen LogP contribution is 2.29. The van der Waals surface area contributed by atoms with E-state index in [1.165, 1.54) is 12.1 Å². The van der Waals surface area contributed by atoms with Crippen molar-refractivity contribution in [2.24, 2.45) is 0 Å². The van der Waals surface area contributed by atoms with Crippen LogP contribution >= 0.6 is 0 Å². The molecule has 2 aromatic heterocycles. The maximum Gasteiger partial charge on any atom is 0.227 e.